The number of ether oxygens (including phenoxy) is 1. The van der Waals surface area contributed by atoms with Crippen LogP contribution in [0.2, 0.25) is 0 Å². The molecule has 0 N–H and O–H groups in total. The molecule has 1 aliphatic carbocycles. The Balaban J connectivity index is 2.05. The first kappa shape index (κ1) is 25.3. The molecule has 0 unspecified atom stereocenters. The Labute approximate surface area is 201 Å². The molecule has 0 bridgehead atoms. The lowest BCUT2D eigenvalue weighted by Gasteiger charge is -2.42. The minimum Gasteiger partial charge on any atom is -0.462 e. The van der Waals surface area contributed by atoms with Crippen LogP contribution in [-0.4, -0.2) is 12.6 Å². The summed E-state index contributed by atoms with van der Waals surface area (Å²) in [6, 6.07) is 12.7. The van der Waals surface area contributed by atoms with Crippen LogP contribution in [0.5, 0.6) is 0 Å². The normalized spacial score (nSPS) is 17.1. The number of allylic oxidation sites excluding steroid dienone is 1. The van der Waals surface area contributed by atoms with Gasteiger partial charge in [0.05, 0.1) is 12.2 Å². The van der Waals surface area contributed by atoms with Crippen molar-refractivity contribution in [3.8, 4) is 0 Å². The van der Waals surface area contributed by atoms with Crippen molar-refractivity contribution < 1.29 is 9.53 Å². The molecule has 0 saturated heterocycles. The van der Waals surface area contributed by atoms with Gasteiger partial charge in [0, 0.05) is 0 Å². The lowest BCUT2D eigenvalue weighted by atomic mass is 9.62. The third-order valence-corrected chi connectivity index (χ3v) is 7.30. The van der Waals surface area contributed by atoms with Gasteiger partial charge in [-0.25, -0.2) is 4.79 Å². The van der Waals surface area contributed by atoms with Gasteiger partial charge >= 0.3 is 5.97 Å². The Morgan fingerprint density at radius 3 is 2.12 bits per heavy atom. The van der Waals surface area contributed by atoms with E-state index in [9.17, 15) is 4.79 Å². The molecule has 0 radical (unpaired) electrons. The molecular formula is C31H42O2. The van der Waals surface area contributed by atoms with Gasteiger partial charge in [-0.1, -0.05) is 71.9 Å². The summed E-state index contributed by atoms with van der Waals surface area (Å²) >= 11 is 0. The SMILES string of the molecule is CCOC(=O)c1ccc(/C=C(\C)c2cc3c(cc2CCC(C)C)C(C)(C)CCC3(C)C)cc1. The van der Waals surface area contributed by atoms with Crippen LogP contribution >= 0.6 is 0 Å². The van der Waals surface area contributed by atoms with E-state index in [1.165, 1.54) is 47.1 Å². The van der Waals surface area contributed by atoms with E-state index < -0.39 is 0 Å². The van der Waals surface area contributed by atoms with Gasteiger partial charge in [0.2, 0.25) is 0 Å². The maximum Gasteiger partial charge on any atom is 0.338 e. The lowest BCUT2D eigenvalue weighted by molar-refractivity contribution is 0.0526. The maximum absolute atomic E-state index is 12.0. The average Bonchev–Trinajstić information content (AvgIpc) is 2.75. The predicted octanol–water partition coefficient (Wildman–Crippen LogP) is 8.36. The third-order valence-electron chi connectivity index (χ3n) is 7.30. The Bertz CT molecular complexity index is 1020. The van der Waals surface area contributed by atoms with Gasteiger partial charge in [-0.05, 0) is 102 Å². The Morgan fingerprint density at radius 2 is 1.58 bits per heavy atom. The molecule has 2 aromatic rings. The van der Waals surface area contributed by atoms with Gasteiger partial charge in [0.25, 0.3) is 0 Å². The van der Waals surface area contributed by atoms with Crippen LogP contribution in [-0.2, 0) is 22.0 Å². The predicted molar refractivity (Wildman–Crippen MR) is 141 cm³/mol. The molecule has 2 nitrogen and oxygen atoms in total. The monoisotopic (exact) mass is 446 g/mol. The van der Waals surface area contributed by atoms with E-state index in [0.29, 0.717) is 18.1 Å². The van der Waals surface area contributed by atoms with E-state index >= 15 is 0 Å². The van der Waals surface area contributed by atoms with Crippen molar-refractivity contribution in [1.82, 2.24) is 0 Å². The van der Waals surface area contributed by atoms with Crippen molar-refractivity contribution in [2.75, 3.05) is 6.61 Å². The van der Waals surface area contributed by atoms with Gasteiger partial charge in [-0.2, -0.15) is 0 Å². The number of fused-ring (bicyclic) bond motifs is 1. The minimum absolute atomic E-state index is 0.192. The van der Waals surface area contributed by atoms with E-state index in [1.807, 2.05) is 31.2 Å². The maximum atomic E-state index is 12.0. The van der Waals surface area contributed by atoms with Crippen molar-refractivity contribution in [1.29, 1.82) is 0 Å². The molecule has 0 saturated carbocycles. The first-order chi connectivity index (χ1) is 15.4. The van der Waals surface area contributed by atoms with Crippen LogP contribution < -0.4 is 0 Å². The molecule has 0 aromatic heterocycles. The Morgan fingerprint density at radius 1 is 1.00 bits per heavy atom. The van der Waals surface area contributed by atoms with Crippen molar-refractivity contribution in [2.45, 2.75) is 91.9 Å². The highest BCUT2D eigenvalue weighted by atomic mass is 16.5. The Kier molecular flexibility index (Phi) is 7.56. The fourth-order valence-corrected chi connectivity index (χ4v) is 4.93. The van der Waals surface area contributed by atoms with Crippen LogP contribution in [0.25, 0.3) is 11.6 Å². The zero-order chi connectivity index (χ0) is 24.4. The summed E-state index contributed by atoms with van der Waals surface area (Å²) in [4.78, 5) is 12.0. The van der Waals surface area contributed by atoms with Gasteiger partial charge in [-0.3, -0.25) is 0 Å². The topological polar surface area (TPSA) is 26.3 Å². The van der Waals surface area contributed by atoms with Crippen LogP contribution in [0.1, 0.15) is 113 Å². The number of carbonyl (C=O) groups is 1. The summed E-state index contributed by atoms with van der Waals surface area (Å²) in [5.74, 6) is 0.415. The largest absolute Gasteiger partial charge is 0.462 e. The first-order valence-electron chi connectivity index (χ1n) is 12.6. The highest BCUT2D eigenvalue weighted by Gasteiger charge is 2.37. The molecule has 2 heteroatoms. The molecule has 2 aromatic carbocycles. The molecule has 3 rings (SSSR count). The number of hydrogen-bond acceptors (Lipinski definition) is 2. The summed E-state index contributed by atoms with van der Waals surface area (Å²) < 4.78 is 5.11. The summed E-state index contributed by atoms with van der Waals surface area (Å²) in [7, 11) is 0. The standard InChI is InChI=1S/C31H42O2/c1-9-33-29(32)24-14-11-23(12-15-24)18-22(4)26-20-28-27(19-25(26)13-10-21(2)3)30(5,6)16-17-31(28,7)8/h11-12,14-15,18-21H,9-10,13,16-17H2,1-8H3/b22-18+. The van der Waals surface area contributed by atoms with E-state index in [0.717, 1.165) is 12.0 Å². The second kappa shape index (κ2) is 9.87. The molecule has 0 atom stereocenters. The third kappa shape index (κ3) is 5.78. The zero-order valence-electron chi connectivity index (χ0n) is 22.0. The summed E-state index contributed by atoms with van der Waals surface area (Å²) in [6.07, 6.45) is 6.99. The summed E-state index contributed by atoms with van der Waals surface area (Å²) in [5.41, 5.74) is 9.27. The highest BCUT2D eigenvalue weighted by Crippen LogP contribution is 2.47. The quantitative estimate of drug-likeness (QED) is 0.315. The zero-order valence-corrected chi connectivity index (χ0v) is 22.0. The van der Waals surface area contributed by atoms with E-state index in [4.69, 9.17) is 4.74 Å². The molecular weight excluding hydrogens is 404 g/mol. The number of hydrogen-bond donors (Lipinski definition) is 0. The van der Waals surface area contributed by atoms with Crippen LogP contribution in [0.4, 0.5) is 0 Å². The fraction of sp³-hybridized carbons (Fsp3) is 0.516. The molecule has 0 amide bonds. The number of rotatable bonds is 7. The number of aryl methyl sites for hydroxylation is 1. The number of benzene rings is 2. The van der Waals surface area contributed by atoms with Gasteiger partial charge < -0.3 is 4.74 Å². The van der Waals surface area contributed by atoms with Crippen LogP contribution in [0, 0.1) is 5.92 Å². The molecule has 0 heterocycles. The fourth-order valence-electron chi connectivity index (χ4n) is 4.93. The second-order valence-corrected chi connectivity index (χ2v) is 11.4. The van der Waals surface area contributed by atoms with Crippen molar-refractivity contribution in [2.24, 2.45) is 5.92 Å². The summed E-state index contributed by atoms with van der Waals surface area (Å²) in [6.45, 7) is 18.7. The smallest absolute Gasteiger partial charge is 0.338 e. The molecule has 0 fully saturated rings. The van der Waals surface area contributed by atoms with Crippen LogP contribution in [0.3, 0.4) is 0 Å². The lowest BCUT2D eigenvalue weighted by Crippen LogP contribution is -2.34. The Hall–Kier alpha value is -2.35. The highest BCUT2D eigenvalue weighted by molar-refractivity contribution is 5.90. The van der Waals surface area contributed by atoms with Crippen molar-refractivity contribution in [3.05, 3.63) is 69.8 Å². The van der Waals surface area contributed by atoms with Gasteiger partial charge in [-0.15, -0.1) is 0 Å². The van der Waals surface area contributed by atoms with Crippen LogP contribution in [0.15, 0.2) is 36.4 Å². The second-order valence-electron chi connectivity index (χ2n) is 11.4. The first-order valence-corrected chi connectivity index (χ1v) is 12.6. The summed E-state index contributed by atoms with van der Waals surface area (Å²) in [5, 5.41) is 0. The van der Waals surface area contributed by atoms with E-state index in [2.05, 4.69) is 66.7 Å². The van der Waals surface area contributed by atoms with Crippen molar-refractivity contribution in [3.63, 3.8) is 0 Å². The molecule has 0 aliphatic heterocycles. The number of carbonyl (C=O) groups excluding carboxylic acids is 1. The van der Waals surface area contributed by atoms with E-state index in [-0.39, 0.29) is 16.8 Å². The molecule has 178 valence electrons. The van der Waals surface area contributed by atoms with Gasteiger partial charge in [0.1, 0.15) is 0 Å². The minimum atomic E-state index is -0.264. The van der Waals surface area contributed by atoms with E-state index in [1.54, 1.807) is 0 Å². The molecule has 0 spiro atoms. The number of esters is 1. The molecule has 33 heavy (non-hydrogen) atoms. The van der Waals surface area contributed by atoms with Gasteiger partial charge in [0.15, 0.2) is 0 Å². The van der Waals surface area contributed by atoms with Crippen molar-refractivity contribution >= 4 is 17.6 Å². The average molecular weight is 447 g/mol. The molecule has 1 aliphatic rings.